The highest BCUT2D eigenvalue weighted by atomic mass is 79.9. The van der Waals surface area contributed by atoms with Gasteiger partial charge in [0.1, 0.15) is 11.1 Å². The van der Waals surface area contributed by atoms with Crippen molar-refractivity contribution in [3.8, 4) is 0 Å². The molecule has 9 heteroatoms. The summed E-state index contributed by atoms with van der Waals surface area (Å²) >= 11 is 9.53. The van der Waals surface area contributed by atoms with Crippen molar-refractivity contribution in [2.24, 2.45) is 5.92 Å². The number of nitrogens with one attached hydrogen (secondary N) is 1. The van der Waals surface area contributed by atoms with Gasteiger partial charge in [-0.15, -0.1) is 0 Å². The summed E-state index contributed by atoms with van der Waals surface area (Å²) < 4.78 is 6.16. The van der Waals surface area contributed by atoms with Crippen LogP contribution in [-0.4, -0.2) is 51.2 Å². The highest BCUT2D eigenvalue weighted by Crippen LogP contribution is 2.24. The number of ether oxygens (including phenoxy) is 1. The maximum atomic E-state index is 11.9. The molecule has 1 N–H and O–H groups in total. The Morgan fingerprint density at radius 1 is 1.44 bits per heavy atom. The molecular weight excluding hydrogens is 410 g/mol. The summed E-state index contributed by atoms with van der Waals surface area (Å²) in [4.78, 5) is 26.5. The Hall–Kier alpha value is -1.67. The van der Waals surface area contributed by atoms with Crippen molar-refractivity contribution in [1.82, 2.24) is 19.9 Å². The SMILES string of the molecule is CC(C)(C)OC(=O)N1CC(CNc2nc3ncc(Br)cc3nc2Cl)C1. The number of rotatable bonds is 3. The van der Waals surface area contributed by atoms with Gasteiger partial charge >= 0.3 is 6.09 Å². The number of hydrogen-bond acceptors (Lipinski definition) is 6. The Kier molecular flexibility index (Phi) is 5.02. The molecule has 7 nitrogen and oxygen atoms in total. The standard InChI is InChI=1S/C16H19BrClN5O2/c1-16(2,3)25-15(24)23-7-9(8-23)5-19-14-12(18)21-11-4-10(17)6-20-13(11)22-14/h4,6,9H,5,7-8H2,1-3H3,(H,19,20,22). The van der Waals surface area contributed by atoms with Gasteiger partial charge in [0.15, 0.2) is 16.6 Å². The zero-order chi connectivity index (χ0) is 18.2. The predicted octanol–water partition coefficient (Wildman–Crippen LogP) is 3.72. The number of aromatic nitrogens is 3. The molecule has 0 atom stereocenters. The van der Waals surface area contributed by atoms with Gasteiger partial charge in [0.05, 0.1) is 0 Å². The molecule has 0 bridgehead atoms. The van der Waals surface area contributed by atoms with Gasteiger partial charge in [-0.25, -0.2) is 19.7 Å². The lowest BCUT2D eigenvalue weighted by molar-refractivity contribution is 0.000839. The number of carbonyl (C=O) groups excluding carboxylic acids is 1. The summed E-state index contributed by atoms with van der Waals surface area (Å²) in [5, 5.41) is 3.49. The van der Waals surface area contributed by atoms with Gasteiger partial charge in [-0.2, -0.15) is 0 Å². The lowest BCUT2D eigenvalue weighted by Crippen LogP contribution is -2.53. The fraction of sp³-hybridized carbons (Fsp3) is 0.500. The first-order valence-electron chi connectivity index (χ1n) is 7.92. The number of hydrogen-bond donors (Lipinski definition) is 1. The van der Waals surface area contributed by atoms with E-state index in [0.29, 0.717) is 47.7 Å². The molecule has 25 heavy (non-hydrogen) atoms. The van der Waals surface area contributed by atoms with Gasteiger partial charge in [0.2, 0.25) is 0 Å². The van der Waals surface area contributed by atoms with Crippen LogP contribution in [0.25, 0.3) is 11.2 Å². The molecule has 2 aromatic heterocycles. The zero-order valence-corrected chi connectivity index (χ0v) is 16.6. The maximum absolute atomic E-state index is 11.9. The second kappa shape index (κ2) is 6.92. The lowest BCUT2D eigenvalue weighted by Gasteiger charge is -2.39. The Bertz CT molecular complexity index is 805. The fourth-order valence-electron chi connectivity index (χ4n) is 2.43. The first-order valence-corrected chi connectivity index (χ1v) is 9.09. The van der Waals surface area contributed by atoms with Gasteiger partial charge in [0, 0.05) is 36.2 Å². The van der Waals surface area contributed by atoms with E-state index in [9.17, 15) is 4.79 Å². The number of nitrogens with zero attached hydrogens (tertiary/aromatic N) is 4. The Morgan fingerprint density at radius 3 is 2.84 bits per heavy atom. The smallest absolute Gasteiger partial charge is 0.410 e. The molecule has 1 fully saturated rings. The van der Waals surface area contributed by atoms with Crippen molar-refractivity contribution in [1.29, 1.82) is 0 Å². The molecule has 3 rings (SSSR count). The number of fused-ring (bicyclic) bond motifs is 1. The minimum atomic E-state index is -0.476. The van der Waals surface area contributed by atoms with E-state index < -0.39 is 5.60 Å². The first-order chi connectivity index (χ1) is 11.7. The van der Waals surface area contributed by atoms with Crippen LogP contribution >= 0.6 is 27.5 Å². The van der Waals surface area contributed by atoms with Crippen molar-refractivity contribution in [2.45, 2.75) is 26.4 Å². The van der Waals surface area contributed by atoms with E-state index in [4.69, 9.17) is 16.3 Å². The molecule has 0 unspecified atom stereocenters. The first kappa shape index (κ1) is 18.1. The van der Waals surface area contributed by atoms with Crippen molar-refractivity contribution in [3.05, 3.63) is 21.9 Å². The molecule has 1 aliphatic rings. The van der Waals surface area contributed by atoms with E-state index in [2.05, 4.69) is 36.2 Å². The summed E-state index contributed by atoms with van der Waals surface area (Å²) in [5.74, 6) is 0.818. The summed E-state index contributed by atoms with van der Waals surface area (Å²) in [6.45, 7) is 7.51. The van der Waals surface area contributed by atoms with Crippen LogP contribution in [0.5, 0.6) is 0 Å². The molecule has 3 heterocycles. The van der Waals surface area contributed by atoms with Crippen LogP contribution in [0, 0.1) is 5.92 Å². The van der Waals surface area contributed by atoms with E-state index in [1.54, 1.807) is 11.1 Å². The number of anilines is 1. The van der Waals surface area contributed by atoms with E-state index in [1.165, 1.54) is 0 Å². The molecular formula is C16H19BrClN5O2. The summed E-state index contributed by atoms with van der Waals surface area (Å²) in [6, 6.07) is 1.82. The van der Waals surface area contributed by atoms with Crippen LogP contribution in [0.3, 0.4) is 0 Å². The van der Waals surface area contributed by atoms with Crippen LogP contribution in [0.2, 0.25) is 5.15 Å². The number of pyridine rings is 1. The number of halogens is 2. The van der Waals surface area contributed by atoms with E-state index in [0.717, 1.165) is 4.47 Å². The van der Waals surface area contributed by atoms with Crippen molar-refractivity contribution in [2.75, 3.05) is 25.0 Å². The van der Waals surface area contributed by atoms with Gasteiger partial charge in [-0.05, 0) is 42.8 Å². The summed E-state index contributed by atoms with van der Waals surface area (Å²) in [7, 11) is 0. The van der Waals surface area contributed by atoms with Crippen LogP contribution < -0.4 is 5.32 Å². The van der Waals surface area contributed by atoms with Crippen LogP contribution in [0.15, 0.2) is 16.7 Å². The number of carbonyl (C=O) groups is 1. The molecule has 0 saturated carbocycles. The number of likely N-dealkylation sites (tertiary alicyclic amines) is 1. The minimum Gasteiger partial charge on any atom is -0.444 e. The largest absolute Gasteiger partial charge is 0.444 e. The third kappa shape index (κ3) is 4.49. The summed E-state index contributed by atoms with van der Waals surface area (Å²) in [6.07, 6.45) is 1.39. The monoisotopic (exact) mass is 427 g/mol. The van der Waals surface area contributed by atoms with Crippen LogP contribution in [0.4, 0.5) is 10.6 Å². The van der Waals surface area contributed by atoms with Crippen molar-refractivity contribution in [3.63, 3.8) is 0 Å². The van der Waals surface area contributed by atoms with Crippen LogP contribution in [-0.2, 0) is 4.74 Å². The Morgan fingerprint density at radius 2 is 2.16 bits per heavy atom. The lowest BCUT2D eigenvalue weighted by atomic mass is 10.0. The highest BCUT2D eigenvalue weighted by Gasteiger charge is 2.33. The Labute approximate surface area is 159 Å². The molecule has 1 amide bonds. The molecule has 1 aliphatic heterocycles. The van der Waals surface area contributed by atoms with E-state index >= 15 is 0 Å². The third-order valence-electron chi connectivity index (χ3n) is 3.61. The van der Waals surface area contributed by atoms with Crippen molar-refractivity contribution < 1.29 is 9.53 Å². The quantitative estimate of drug-likeness (QED) is 0.802. The van der Waals surface area contributed by atoms with E-state index in [-0.39, 0.29) is 6.09 Å². The molecule has 0 radical (unpaired) electrons. The minimum absolute atomic E-state index is 0.276. The summed E-state index contributed by atoms with van der Waals surface area (Å²) in [5.41, 5.74) is 0.681. The maximum Gasteiger partial charge on any atom is 0.410 e. The molecule has 1 saturated heterocycles. The molecule has 0 aromatic carbocycles. The van der Waals surface area contributed by atoms with Gasteiger partial charge in [-0.3, -0.25) is 0 Å². The average molecular weight is 429 g/mol. The second-order valence-electron chi connectivity index (χ2n) is 6.99. The van der Waals surface area contributed by atoms with E-state index in [1.807, 2.05) is 26.8 Å². The van der Waals surface area contributed by atoms with Crippen LogP contribution in [0.1, 0.15) is 20.8 Å². The van der Waals surface area contributed by atoms with Gasteiger partial charge < -0.3 is 15.0 Å². The molecule has 0 spiro atoms. The number of amides is 1. The van der Waals surface area contributed by atoms with Gasteiger partial charge in [0.25, 0.3) is 0 Å². The second-order valence-corrected chi connectivity index (χ2v) is 8.27. The Balaban J connectivity index is 1.55. The zero-order valence-electron chi connectivity index (χ0n) is 14.2. The predicted molar refractivity (Wildman–Crippen MR) is 99.8 cm³/mol. The fourth-order valence-corrected chi connectivity index (χ4v) is 2.95. The third-order valence-corrected chi connectivity index (χ3v) is 4.31. The molecule has 0 aliphatic carbocycles. The van der Waals surface area contributed by atoms with Crippen molar-refractivity contribution >= 4 is 50.6 Å². The average Bonchev–Trinajstić information content (AvgIpc) is 2.44. The molecule has 2 aromatic rings. The molecule has 134 valence electrons. The normalized spacial score (nSPS) is 15.2. The topological polar surface area (TPSA) is 80.2 Å². The highest BCUT2D eigenvalue weighted by molar-refractivity contribution is 9.10. The van der Waals surface area contributed by atoms with Gasteiger partial charge in [-0.1, -0.05) is 11.6 Å².